The summed E-state index contributed by atoms with van der Waals surface area (Å²) in [5, 5.41) is 0. The monoisotopic (exact) mass is 374 g/mol. The van der Waals surface area contributed by atoms with Crippen LogP contribution in [0, 0.1) is 17.3 Å². The molecule has 0 aromatic heterocycles. The second kappa shape index (κ2) is 5.92. The quantitative estimate of drug-likeness (QED) is 0.626. The van der Waals surface area contributed by atoms with Crippen LogP contribution in [0.25, 0.3) is 0 Å². The number of carbonyl (C=O) groups excluding carboxylic acids is 1. The van der Waals surface area contributed by atoms with Gasteiger partial charge in [0.1, 0.15) is 0 Å². The van der Waals surface area contributed by atoms with Gasteiger partial charge in [0.2, 0.25) is 0 Å². The van der Waals surface area contributed by atoms with E-state index in [1.165, 1.54) is 43.2 Å². The van der Waals surface area contributed by atoms with Crippen molar-refractivity contribution >= 4 is 5.78 Å². The zero-order valence-electron chi connectivity index (χ0n) is 16.9. The molecular weight excluding hydrogens is 344 g/mol. The number of ether oxygens (including phenoxy) is 1. The van der Waals surface area contributed by atoms with Crippen molar-refractivity contribution in [1.29, 1.82) is 0 Å². The van der Waals surface area contributed by atoms with Crippen molar-refractivity contribution in [3.63, 3.8) is 0 Å². The van der Waals surface area contributed by atoms with Gasteiger partial charge in [0.15, 0.2) is 5.78 Å². The summed E-state index contributed by atoms with van der Waals surface area (Å²) in [7, 11) is 0. The van der Waals surface area contributed by atoms with Crippen LogP contribution in [0.2, 0.25) is 0 Å². The van der Waals surface area contributed by atoms with Crippen molar-refractivity contribution in [3.05, 3.63) is 58.7 Å². The topological polar surface area (TPSA) is 26.3 Å². The summed E-state index contributed by atoms with van der Waals surface area (Å²) in [5.74, 6) is 2.23. The van der Waals surface area contributed by atoms with E-state index in [0.717, 1.165) is 25.4 Å². The van der Waals surface area contributed by atoms with Crippen LogP contribution in [0.3, 0.4) is 0 Å². The number of hydrogen-bond donors (Lipinski definition) is 0. The Labute approximate surface area is 168 Å². The van der Waals surface area contributed by atoms with Crippen molar-refractivity contribution in [1.82, 2.24) is 0 Å². The van der Waals surface area contributed by atoms with Crippen molar-refractivity contribution in [2.45, 2.75) is 69.8 Å². The van der Waals surface area contributed by atoms with Crippen molar-refractivity contribution < 1.29 is 9.53 Å². The van der Waals surface area contributed by atoms with E-state index < -0.39 is 0 Å². The maximum Gasteiger partial charge on any atom is 0.156 e. The molecule has 2 saturated carbocycles. The number of rotatable bonds is 1. The lowest BCUT2D eigenvalue weighted by molar-refractivity contribution is -0.217. The van der Waals surface area contributed by atoms with Crippen molar-refractivity contribution in [2.75, 3.05) is 6.61 Å². The Morgan fingerprint density at radius 3 is 2.61 bits per heavy atom. The molecule has 1 heterocycles. The number of carbonyl (C=O) groups is 1. The average molecular weight is 375 g/mol. The molecule has 3 fully saturated rings. The number of allylic oxidation sites excluding steroid dienone is 4. The van der Waals surface area contributed by atoms with Crippen LogP contribution in [0.4, 0.5) is 0 Å². The summed E-state index contributed by atoms with van der Waals surface area (Å²) in [6.07, 6.45) is 11.0. The minimum Gasteiger partial charge on any atom is -0.374 e. The molecule has 0 unspecified atom stereocenters. The summed E-state index contributed by atoms with van der Waals surface area (Å²) in [5.41, 5.74) is 6.51. The molecule has 146 valence electrons. The molecule has 5 atom stereocenters. The van der Waals surface area contributed by atoms with Crippen LogP contribution in [0.1, 0.15) is 69.8 Å². The Morgan fingerprint density at radius 1 is 1.04 bits per heavy atom. The Kier molecular flexibility index (Phi) is 3.64. The summed E-state index contributed by atoms with van der Waals surface area (Å²) >= 11 is 0. The molecule has 0 radical (unpaired) electrons. The van der Waals surface area contributed by atoms with Crippen molar-refractivity contribution in [2.24, 2.45) is 17.3 Å². The Morgan fingerprint density at radius 2 is 1.86 bits per heavy atom. The van der Waals surface area contributed by atoms with Crippen LogP contribution in [-0.4, -0.2) is 18.0 Å². The lowest BCUT2D eigenvalue weighted by Crippen LogP contribution is -2.58. The molecular formula is C26H30O2. The predicted octanol–water partition coefficient (Wildman–Crippen LogP) is 5.75. The maximum atomic E-state index is 12.1. The van der Waals surface area contributed by atoms with Gasteiger partial charge in [-0.1, -0.05) is 42.8 Å². The molecule has 1 spiro atoms. The SMILES string of the molecule is C[C@]12C[C@H](c3ccccc3)C3=C4CCC(=O)C=C4CC[C@H]3[C@@H]1CC[C@@]21CCO1. The van der Waals surface area contributed by atoms with E-state index in [1.54, 1.807) is 11.1 Å². The van der Waals surface area contributed by atoms with E-state index in [1.807, 2.05) is 6.08 Å². The van der Waals surface area contributed by atoms with Gasteiger partial charge < -0.3 is 4.74 Å². The maximum absolute atomic E-state index is 12.1. The smallest absolute Gasteiger partial charge is 0.156 e. The molecule has 1 aromatic carbocycles. The summed E-state index contributed by atoms with van der Waals surface area (Å²) < 4.78 is 6.36. The minimum absolute atomic E-state index is 0.138. The van der Waals surface area contributed by atoms with Gasteiger partial charge in [0.05, 0.1) is 12.2 Å². The average Bonchev–Trinajstić information content (AvgIpc) is 3.00. The Bertz CT molecular complexity index is 888. The first-order valence-corrected chi connectivity index (χ1v) is 11.3. The molecule has 1 aromatic rings. The predicted molar refractivity (Wildman–Crippen MR) is 110 cm³/mol. The molecule has 1 saturated heterocycles. The lowest BCUT2D eigenvalue weighted by Gasteiger charge is -2.59. The second-order valence-electron chi connectivity index (χ2n) is 10.0. The van der Waals surface area contributed by atoms with E-state index >= 15 is 0 Å². The highest BCUT2D eigenvalue weighted by Gasteiger charge is 2.65. The summed E-state index contributed by atoms with van der Waals surface area (Å²) in [4.78, 5) is 12.1. The van der Waals surface area contributed by atoms with Crippen LogP contribution in [0.15, 0.2) is 53.1 Å². The van der Waals surface area contributed by atoms with Crippen LogP contribution < -0.4 is 0 Å². The minimum atomic E-state index is 0.138. The van der Waals surface area contributed by atoms with E-state index in [2.05, 4.69) is 37.3 Å². The second-order valence-corrected chi connectivity index (χ2v) is 10.0. The Hall–Kier alpha value is -1.67. The van der Waals surface area contributed by atoms with E-state index in [-0.39, 0.29) is 11.0 Å². The molecule has 0 amide bonds. The summed E-state index contributed by atoms with van der Waals surface area (Å²) in [6.45, 7) is 3.50. The third-order valence-electron chi connectivity index (χ3n) is 9.11. The standard InChI is InChI=1S/C26H30O2/c1-25-16-22(17-5-3-2-4-6-17)24-20-10-8-19(27)15-18(20)7-9-21(24)23(25)11-12-26(25)13-14-28-26/h2-6,15,21-23H,7-14,16H2,1H3/t21-,22+,23-,25-,26+/m0/s1. The first-order valence-electron chi connectivity index (χ1n) is 11.3. The van der Waals surface area contributed by atoms with Gasteiger partial charge in [-0.15, -0.1) is 0 Å². The molecule has 6 rings (SSSR count). The summed E-state index contributed by atoms with van der Waals surface area (Å²) in [6, 6.07) is 11.2. The molecule has 2 nitrogen and oxygen atoms in total. The highest BCUT2D eigenvalue weighted by molar-refractivity contribution is 5.93. The number of fused-ring (bicyclic) bond motifs is 5. The number of benzene rings is 1. The van der Waals surface area contributed by atoms with Gasteiger partial charge in [-0.2, -0.15) is 0 Å². The lowest BCUT2D eigenvalue weighted by atomic mass is 9.50. The van der Waals surface area contributed by atoms with E-state index in [9.17, 15) is 4.79 Å². The molecule has 0 N–H and O–H groups in total. The van der Waals surface area contributed by atoms with Gasteiger partial charge in [-0.25, -0.2) is 0 Å². The van der Waals surface area contributed by atoms with Gasteiger partial charge in [-0.3, -0.25) is 4.79 Å². The fourth-order valence-corrected chi connectivity index (χ4v) is 7.72. The molecule has 2 heteroatoms. The Balaban J connectivity index is 1.53. The van der Waals surface area contributed by atoms with Gasteiger partial charge in [0, 0.05) is 24.2 Å². The zero-order chi connectivity index (χ0) is 18.9. The highest BCUT2D eigenvalue weighted by Crippen LogP contribution is 2.69. The third-order valence-corrected chi connectivity index (χ3v) is 9.11. The molecule has 5 aliphatic rings. The highest BCUT2D eigenvalue weighted by atomic mass is 16.5. The van der Waals surface area contributed by atoms with Crippen molar-refractivity contribution in [3.8, 4) is 0 Å². The normalized spacial score (nSPS) is 41.8. The fraction of sp³-hybridized carbons (Fsp3) is 0.577. The third kappa shape index (κ3) is 2.16. The largest absolute Gasteiger partial charge is 0.374 e. The molecule has 4 aliphatic carbocycles. The number of hydrogen-bond acceptors (Lipinski definition) is 2. The van der Waals surface area contributed by atoms with Crippen LogP contribution >= 0.6 is 0 Å². The van der Waals surface area contributed by atoms with Gasteiger partial charge in [0.25, 0.3) is 0 Å². The molecule has 28 heavy (non-hydrogen) atoms. The van der Waals surface area contributed by atoms with Gasteiger partial charge in [-0.05, 0) is 73.1 Å². The zero-order valence-corrected chi connectivity index (χ0v) is 16.9. The van der Waals surface area contributed by atoms with Gasteiger partial charge >= 0.3 is 0 Å². The number of ketones is 1. The van der Waals surface area contributed by atoms with Crippen LogP contribution in [-0.2, 0) is 9.53 Å². The first kappa shape index (κ1) is 17.2. The van der Waals surface area contributed by atoms with E-state index in [4.69, 9.17) is 4.74 Å². The van der Waals surface area contributed by atoms with E-state index in [0.29, 0.717) is 24.0 Å². The van der Waals surface area contributed by atoms with Crippen LogP contribution in [0.5, 0.6) is 0 Å². The molecule has 1 aliphatic heterocycles. The fourth-order valence-electron chi connectivity index (χ4n) is 7.72. The molecule has 0 bridgehead atoms. The first-order chi connectivity index (χ1) is 13.6.